The molecule has 0 radical (unpaired) electrons. The van der Waals surface area contributed by atoms with Gasteiger partial charge >= 0.3 is 0 Å². The average molecular weight is 369 g/mol. The van der Waals surface area contributed by atoms with Crippen molar-refractivity contribution in [1.29, 1.82) is 0 Å². The molecule has 1 heterocycles. The van der Waals surface area contributed by atoms with Gasteiger partial charge in [-0.1, -0.05) is 6.57 Å². The summed E-state index contributed by atoms with van der Waals surface area (Å²) in [4.78, 5) is 22.7. The molecule has 6 nitrogen and oxygen atoms in total. The number of aromatic nitrogens is 1. The first-order chi connectivity index (χ1) is 12.8. The van der Waals surface area contributed by atoms with Crippen LogP contribution in [-0.2, 0) is 0 Å². The minimum absolute atomic E-state index is 0.0393. The van der Waals surface area contributed by atoms with Crippen molar-refractivity contribution in [3.8, 4) is 11.1 Å². The van der Waals surface area contributed by atoms with Gasteiger partial charge in [0.05, 0.1) is 5.56 Å². The van der Waals surface area contributed by atoms with Crippen LogP contribution in [0.4, 0.5) is 19.0 Å². The molecule has 0 aliphatic heterocycles. The topological polar surface area (TPSA) is 98.7 Å². The predicted molar refractivity (Wildman–Crippen MR) is 93.5 cm³/mol. The van der Waals surface area contributed by atoms with Crippen LogP contribution >= 0.6 is 0 Å². The van der Waals surface area contributed by atoms with Gasteiger partial charge in [0.2, 0.25) is 0 Å². The minimum Gasteiger partial charge on any atom is -0.370 e. The van der Waals surface area contributed by atoms with Crippen molar-refractivity contribution in [3.05, 3.63) is 70.8 Å². The van der Waals surface area contributed by atoms with Gasteiger partial charge in [-0.3, -0.25) is 4.79 Å². The molecule has 9 heteroatoms. The Kier molecular flexibility index (Phi) is 4.48. The molecule has 0 bridgehead atoms. The molecule has 0 aliphatic rings. The Balaban J connectivity index is 2.35. The number of hydrogen-bond acceptors (Lipinski definition) is 2. The predicted octanol–water partition coefficient (Wildman–Crippen LogP) is 3.28. The first kappa shape index (κ1) is 17.9. The molecule has 0 saturated heterocycles. The van der Waals surface area contributed by atoms with Crippen LogP contribution in [0.5, 0.6) is 0 Å². The molecule has 0 fully saturated rings. The van der Waals surface area contributed by atoms with Gasteiger partial charge in [-0.2, -0.15) is 4.99 Å². The van der Waals surface area contributed by atoms with E-state index < -0.39 is 34.9 Å². The Bertz CT molecular complexity index is 1140. The van der Waals surface area contributed by atoms with E-state index in [1.807, 2.05) is 0 Å². The van der Waals surface area contributed by atoms with E-state index in [9.17, 15) is 18.0 Å². The Morgan fingerprint density at radius 2 is 1.74 bits per heavy atom. The highest BCUT2D eigenvalue weighted by Gasteiger charge is 2.19. The van der Waals surface area contributed by atoms with Crippen LogP contribution in [0.1, 0.15) is 10.4 Å². The lowest BCUT2D eigenvalue weighted by molar-refractivity contribution is 0.100. The lowest BCUT2D eigenvalue weighted by Crippen LogP contribution is -2.24. The summed E-state index contributed by atoms with van der Waals surface area (Å²) in [6.07, 6.45) is 0. The molecule has 27 heavy (non-hydrogen) atoms. The number of rotatable bonds is 2. The number of nitrogens with two attached hydrogens (primary N) is 2. The molecule has 4 N–H and O–H groups in total. The molecule has 3 rings (SSSR count). The van der Waals surface area contributed by atoms with Gasteiger partial charge in [0.25, 0.3) is 11.7 Å². The molecular formula is C18H10F3N5O. The smallest absolute Gasteiger partial charge is 0.280 e. The van der Waals surface area contributed by atoms with E-state index in [0.29, 0.717) is 12.1 Å². The van der Waals surface area contributed by atoms with Crippen molar-refractivity contribution >= 4 is 28.6 Å². The van der Waals surface area contributed by atoms with Crippen LogP contribution in [-0.4, -0.2) is 16.9 Å². The van der Waals surface area contributed by atoms with Gasteiger partial charge < -0.3 is 16.3 Å². The number of fused-ring (bicyclic) bond motifs is 1. The number of carbonyl (C=O) groups is 1. The van der Waals surface area contributed by atoms with Crippen molar-refractivity contribution in [3.63, 3.8) is 0 Å². The molecule has 0 unspecified atom stereocenters. The summed E-state index contributed by atoms with van der Waals surface area (Å²) < 4.78 is 41.8. The fourth-order valence-electron chi connectivity index (χ4n) is 2.59. The summed E-state index contributed by atoms with van der Waals surface area (Å²) in [6.45, 7) is 7.12. The maximum atomic E-state index is 14.3. The highest BCUT2D eigenvalue weighted by atomic mass is 19.1. The van der Waals surface area contributed by atoms with E-state index in [1.165, 1.54) is 18.2 Å². The quantitative estimate of drug-likeness (QED) is 0.411. The maximum Gasteiger partial charge on any atom is 0.280 e. The maximum absolute atomic E-state index is 14.3. The second-order valence-electron chi connectivity index (χ2n) is 5.46. The Morgan fingerprint density at radius 3 is 2.33 bits per heavy atom. The van der Waals surface area contributed by atoms with Gasteiger partial charge in [0.1, 0.15) is 17.5 Å². The van der Waals surface area contributed by atoms with E-state index in [-0.39, 0.29) is 27.8 Å². The van der Waals surface area contributed by atoms with Gasteiger partial charge in [-0.15, -0.1) is 4.98 Å². The van der Waals surface area contributed by atoms with Gasteiger partial charge in [0, 0.05) is 23.1 Å². The number of halogens is 3. The normalized spacial score (nSPS) is 10.4. The monoisotopic (exact) mass is 369 g/mol. The summed E-state index contributed by atoms with van der Waals surface area (Å²) in [6, 6.07) is 6.25. The minimum atomic E-state index is -1.16. The van der Waals surface area contributed by atoms with Gasteiger partial charge in [0.15, 0.2) is 11.5 Å². The first-order valence-electron chi connectivity index (χ1n) is 7.41. The van der Waals surface area contributed by atoms with E-state index in [4.69, 9.17) is 18.0 Å². The van der Waals surface area contributed by atoms with Crippen molar-refractivity contribution in [2.75, 3.05) is 0 Å². The molecule has 0 atom stereocenters. The average Bonchev–Trinajstić information content (AvgIpc) is 2.59. The van der Waals surface area contributed by atoms with Crippen LogP contribution in [0.3, 0.4) is 0 Å². The molecule has 1 amide bonds. The van der Waals surface area contributed by atoms with Gasteiger partial charge in [-0.25, -0.2) is 13.2 Å². The van der Waals surface area contributed by atoms with E-state index in [1.54, 1.807) is 0 Å². The SMILES string of the molecule is [C-]#[N+]c1cc(-c2c(F)cc(F)cc2F)c2cc(C(=O)N=C(N)N)ccc2n1. The molecule has 3 aromatic rings. The summed E-state index contributed by atoms with van der Waals surface area (Å²) in [5, 5.41) is 0.170. The fraction of sp³-hybridized carbons (Fsp3) is 0. The van der Waals surface area contributed by atoms with Crippen LogP contribution in [0, 0.1) is 24.0 Å². The molecule has 0 saturated carbocycles. The number of carbonyl (C=O) groups excluding carboxylic acids is 1. The number of aliphatic imine (C=N–C) groups is 1. The van der Waals surface area contributed by atoms with Crippen LogP contribution in [0.2, 0.25) is 0 Å². The van der Waals surface area contributed by atoms with Crippen molar-refractivity contribution in [1.82, 2.24) is 4.98 Å². The number of guanidine groups is 1. The molecule has 2 aromatic carbocycles. The second kappa shape index (κ2) is 6.76. The third-order valence-electron chi connectivity index (χ3n) is 3.66. The Morgan fingerprint density at radius 1 is 1.07 bits per heavy atom. The number of hydrogen-bond donors (Lipinski definition) is 2. The lowest BCUT2D eigenvalue weighted by atomic mass is 9.98. The summed E-state index contributed by atoms with van der Waals surface area (Å²) in [5.74, 6) is -4.73. The zero-order chi connectivity index (χ0) is 19.7. The standard InChI is InChI=1S/C18H10F3N5O/c1-24-15-7-11(16-12(20)5-9(19)6-13(16)21)10-4-8(2-3-14(10)25-15)17(27)26-18(22)23/h2-7H,(H4,22,23,26,27). The van der Waals surface area contributed by atoms with E-state index in [0.717, 1.165) is 6.07 Å². The summed E-state index contributed by atoms with van der Waals surface area (Å²) >= 11 is 0. The first-order valence-corrected chi connectivity index (χ1v) is 7.41. The van der Waals surface area contributed by atoms with Gasteiger partial charge in [-0.05, 0) is 29.8 Å². The van der Waals surface area contributed by atoms with E-state index in [2.05, 4.69) is 14.8 Å². The van der Waals surface area contributed by atoms with Crippen molar-refractivity contribution in [2.45, 2.75) is 0 Å². The highest BCUT2D eigenvalue weighted by Crippen LogP contribution is 2.35. The number of pyridine rings is 1. The summed E-state index contributed by atoms with van der Waals surface area (Å²) in [5.41, 5.74) is 10.0. The molecule has 1 aromatic heterocycles. The van der Waals surface area contributed by atoms with Crippen molar-refractivity contribution in [2.24, 2.45) is 16.5 Å². The molecule has 0 aliphatic carbocycles. The molecule has 0 spiro atoms. The van der Waals surface area contributed by atoms with Crippen LogP contribution < -0.4 is 11.5 Å². The third kappa shape index (κ3) is 3.41. The summed E-state index contributed by atoms with van der Waals surface area (Å²) in [7, 11) is 0. The fourth-order valence-corrected chi connectivity index (χ4v) is 2.59. The number of amides is 1. The Labute approximate surface area is 150 Å². The van der Waals surface area contributed by atoms with Crippen LogP contribution in [0.25, 0.3) is 26.9 Å². The second-order valence-corrected chi connectivity index (χ2v) is 5.46. The van der Waals surface area contributed by atoms with Crippen molar-refractivity contribution < 1.29 is 18.0 Å². The van der Waals surface area contributed by atoms with E-state index >= 15 is 0 Å². The highest BCUT2D eigenvalue weighted by molar-refractivity contribution is 6.06. The Hall–Kier alpha value is -3.93. The molecular weight excluding hydrogens is 359 g/mol. The largest absolute Gasteiger partial charge is 0.370 e. The molecule has 134 valence electrons. The number of nitrogens with zero attached hydrogens (tertiary/aromatic N) is 3. The zero-order valence-electron chi connectivity index (χ0n) is 13.5. The lowest BCUT2D eigenvalue weighted by Gasteiger charge is -2.10. The zero-order valence-corrected chi connectivity index (χ0v) is 13.5. The van der Waals surface area contributed by atoms with Crippen LogP contribution in [0.15, 0.2) is 41.4 Å². The third-order valence-corrected chi connectivity index (χ3v) is 3.66. The number of benzene rings is 2.